The van der Waals surface area contributed by atoms with E-state index in [1.165, 1.54) is 6.07 Å². The molecule has 1 N–H and O–H groups in total. The number of rotatable bonds is 1. The van der Waals surface area contributed by atoms with Gasteiger partial charge in [0.1, 0.15) is 5.82 Å². The number of ether oxygens (including phenoxy) is 1. The van der Waals surface area contributed by atoms with Crippen molar-refractivity contribution in [3.05, 3.63) is 35.6 Å². The van der Waals surface area contributed by atoms with E-state index in [-0.39, 0.29) is 18.0 Å². The number of halogens is 1. The molecule has 1 heterocycles. The van der Waals surface area contributed by atoms with Crippen molar-refractivity contribution >= 4 is 0 Å². The van der Waals surface area contributed by atoms with Gasteiger partial charge < -0.3 is 10.1 Å². The standard InChI is InChI=1S/C11H14FNO/c1-8-6-13-7-11(14-8)9-4-2-3-5-10(9)12/h2-5,8,11,13H,6-7H2,1H3/t8-,11-/m1/s1. The predicted molar refractivity (Wildman–Crippen MR) is 52.6 cm³/mol. The normalized spacial score (nSPS) is 27.6. The Morgan fingerprint density at radius 1 is 1.36 bits per heavy atom. The number of morpholine rings is 1. The molecule has 2 atom stereocenters. The average molecular weight is 195 g/mol. The van der Waals surface area contributed by atoms with Gasteiger partial charge in [-0.25, -0.2) is 4.39 Å². The summed E-state index contributed by atoms with van der Waals surface area (Å²) in [4.78, 5) is 0. The van der Waals surface area contributed by atoms with Gasteiger partial charge in [-0.1, -0.05) is 18.2 Å². The van der Waals surface area contributed by atoms with E-state index in [4.69, 9.17) is 4.74 Å². The van der Waals surface area contributed by atoms with Crippen molar-refractivity contribution in [2.45, 2.75) is 19.1 Å². The highest BCUT2D eigenvalue weighted by Crippen LogP contribution is 2.23. The minimum Gasteiger partial charge on any atom is -0.368 e. The number of benzene rings is 1. The lowest BCUT2D eigenvalue weighted by atomic mass is 10.1. The first-order valence-electron chi connectivity index (χ1n) is 4.88. The molecule has 76 valence electrons. The lowest BCUT2D eigenvalue weighted by Gasteiger charge is -2.29. The largest absolute Gasteiger partial charge is 0.368 e. The van der Waals surface area contributed by atoms with E-state index in [2.05, 4.69) is 5.32 Å². The van der Waals surface area contributed by atoms with Crippen molar-refractivity contribution in [1.82, 2.24) is 5.32 Å². The van der Waals surface area contributed by atoms with Crippen molar-refractivity contribution in [2.75, 3.05) is 13.1 Å². The molecule has 14 heavy (non-hydrogen) atoms. The van der Waals surface area contributed by atoms with Crippen molar-refractivity contribution in [3.63, 3.8) is 0 Å². The lowest BCUT2D eigenvalue weighted by Crippen LogP contribution is -2.39. The second-order valence-electron chi connectivity index (χ2n) is 3.62. The smallest absolute Gasteiger partial charge is 0.129 e. The minimum absolute atomic E-state index is 0.147. The molecule has 0 saturated carbocycles. The zero-order valence-corrected chi connectivity index (χ0v) is 8.16. The molecule has 2 nitrogen and oxygen atoms in total. The van der Waals surface area contributed by atoms with Crippen LogP contribution in [0.1, 0.15) is 18.6 Å². The fourth-order valence-corrected chi connectivity index (χ4v) is 1.71. The molecule has 2 rings (SSSR count). The van der Waals surface area contributed by atoms with Gasteiger partial charge in [0.2, 0.25) is 0 Å². The highest BCUT2D eigenvalue weighted by Gasteiger charge is 2.22. The van der Waals surface area contributed by atoms with Crippen LogP contribution < -0.4 is 5.32 Å². The Morgan fingerprint density at radius 2 is 2.14 bits per heavy atom. The second-order valence-corrected chi connectivity index (χ2v) is 3.62. The summed E-state index contributed by atoms with van der Waals surface area (Å²) in [5.41, 5.74) is 0.645. The van der Waals surface area contributed by atoms with Gasteiger partial charge in [0, 0.05) is 18.7 Å². The van der Waals surface area contributed by atoms with Gasteiger partial charge in [-0.3, -0.25) is 0 Å². The van der Waals surface area contributed by atoms with E-state index in [1.807, 2.05) is 13.0 Å². The summed E-state index contributed by atoms with van der Waals surface area (Å²) in [5, 5.41) is 3.22. The third kappa shape index (κ3) is 1.94. The molecule has 1 aliphatic rings. The highest BCUT2D eigenvalue weighted by molar-refractivity contribution is 5.20. The van der Waals surface area contributed by atoms with Gasteiger partial charge in [0.25, 0.3) is 0 Å². The average Bonchev–Trinajstić information content (AvgIpc) is 2.18. The fraction of sp³-hybridized carbons (Fsp3) is 0.455. The van der Waals surface area contributed by atoms with Crippen LogP contribution in [0.25, 0.3) is 0 Å². The first-order valence-corrected chi connectivity index (χ1v) is 4.88. The quantitative estimate of drug-likeness (QED) is 0.738. The molecule has 0 radical (unpaired) electrons. The molecule has 3 heteroatoms. The van der Waals surface area contributed by atoms with Gasteiger partial charge >= 0.3 is 0 Å². The topological polar surface area (TPSA) is 21.3 Å². The maximum absolute atomic E-state index is 13.4. The number of hydrogen-bond acceptors (Lipinski definition) is 2. The van der Waals surface area contributed by atoms with Crippen LogP contribution in [-0.2, 0) is 4.74 Å². The molecule has 0 aromatic heterocycles. The molecular weight excluding hydrogens is 181 g/mol. The summed E-state index contributed by atoms with van der Waals surface area (Å²) in [6, 6.07) is 6.78. The molecule has 1 aliphatic heterocycles. The SMILES string of the molecule is C[C@@H]1CNC[C@H](c2ccccc2F)O1. The van der Waals surface area contributed by atoms with Crippen LogP contribution in [0.5, 0.6) is 0 Å². The van der Waals surface area contributed by atoms with Crippen molar-refractivity contribution < 1.29 is 9.13 Å². The van der Waals surface area contributed by atoms with Crippen molar-refractivity contribution in [2.24, 2.45) is 0 Å². The zero-order chi connectivity index (χ0) is 9.97. The monoisotopic (exact) mass is 195 g/mol. The molecule has 1 fully saturated rings. The molecule has 1 aromatic rings. The Hall–Kier alpha value is -0.930. The maximum Gasteiger partial charge on any atom is 0.129 e. The van der Waals surface area contributed by atoms with E-state index in [0.717, 1.165) is 6.54 Å². The molecule has 0 amide bonds. The summed E-state index contributed by atoms with van der Waals surface area (Å²) >= 11 is 0. The summed E-state index contributed by atoms with van der Waals surface area (Å²) < 4.78 is 19.0. The Kier molecular flexibility index (Phi) is 2.79. The van der Waals surface area contributed by atoms with Crippen LogP contribution in [0.4, 0.5) is 4.39 Å². The molecule has 0 unspecified atom stereocenters. The van der Waals surface area contributed by atoms with E-state index in [9.17, 15) is 4.39 Å². The Morgan fingerprint density at radius 3 is 2.86 bits per heavy atom. The predicted octanol–water partition coefficient (Wildman–Crippen LogP) is 1.88. The van der Waals surface area contributed by atoms with Crippen LogP contribution in [0, 0.1) is 5.82 Å². The summed E-state index contributed by atoms with van der Waals surface area (Å²) in [7, 11) is 0. The lowest BCUT2D eigenvalue weighted by molar-refractivity contribution is -0.0303. The van der Waals surface area contributed by atoms with Crippen molar-refractivity contribution in [3.8, 4) is 0 Å². The van der Waals surface area contributed by atoms with E-state index >= 15 is 0 Å². The van der Waals surface area contributed by atoms with Gasteiger partial charge in [-0.2, -0.15) is 0 Å². The van der Waals surface area contributed by atoms with Crippen LogP contribution in [0.15, 0.2) is 24.3 Å². The molecule has 1 aromatic carbocycles. The van der Waals surface area contributed by atoms with E-state index in [0.29, 0.717) is 12.1 Å². The van der Waals surface area contributed by atoms with E-state index < -0.39 is 0 Å². The van der Waals surface area contributed by atoms with E-state index in [1.54, 1.807) is 12.1 Å². The number of hydrogen-bond donors (Lipinski definition) is 1. The first kappa shape index (κ1) is 9.62. The highest BCUT2D eigenvalue weighted by atomic mass is 19.1. The van der Waals surface area contributed by atoms with Crippen LogP contribution in [0.3, 0.4) is 0 Å². The Labute approximate surface area is 83.1 Å². The van der Waals surface area contributed by atoms with Crippen LogP contribution in [-0.4, -0.2) is 19.2 Å². The maximum atomic E-state index is 13.4. The first-order chi connectivity index (χ1) is 6.77. The summed E-state index contributed by atoms with van der Waals surface area (Å²) in [5.74, 6) is -0.187. The number of nitrogens with one attached hydrogen (secondary N) is 1. The molecule has 0 spiro atoms. The Balaban J connectivity index is 2.18. The third-order valence-electron chi connectivity index (χ3n) is 2.41. The Bertz CT molecular complexity index is 316. The summed E-state index contributed by atoms with van der Waals surface area (Å²) in [6.07, 6.45) is -0.00620. The van der Waals surface area contributed by atoms with Gasteiger partial charge in [-0.15, -0.1) is 0 Å². The molecule has 0 bridgehead atoms. The van der Waals surface area contributed by atoms with Crippen LogP contribution >= 0.6 is 0 Å². The van der Waals surface area contributed by atoms with Gasteiger partial charge in [0.05, 0.1) is 12.2 Å². The second kappa shape index (κ2) is 4.07. The van der Waals surface area contributed by atoms with Crippen LogP contribution in [0.2, 0.25) is 0 Å². The van der Waals surface area contributed by atoms with Crippen molar-refractivity contribution in [1.29, 1.82) is 0 Å². The minimum atomic E-state index is -0.187. The zero-order valence-electron chi connectivity index (χ0n) is 8.16. The molecular formula is C11H14FNO. The van der Waals surface area contributed by atoms with Gasteiger partial charge in [-0.05, 0) is 13.0 Å². The van der Waals surface area contributed by atoms with Gasteiger partial charge in [0.15, 0.2) is 0 Å². The molecule has 0 aliphatic carbocycles. The fourth-order valence-electron chi connectivity index (χ4n) is 1.71. The molecule has 1 saturated heterocycles. The third-order valence-corrected chi connectivity index (χ3v) is 2.41. The summed E-state index contributed by atoms with van der Waals surface area (Å²) in [6.45, 7) is 3.51.